The molecule has 1 saturated heterocycles. The van der Waals surface area contributed by atoms with Crippen LogP contribution in [0.2, 0.25) is 0 Å². The van der Waals surface area contributed by atoms with Gasteiger partial charge in [0.2, 0.25) is 0 Å². The molecule has 1 heterocycles. The van der Waals surface area contributed by atoms with E-state index in [9.17, 15) is 4.79 Å². The molecule has 1 aliphatic carbocycles. The molecule has 0 N–H and O–H groups in total. The minimum absolute atomic E-state index is 0.300. The summed E-state index contributed by atoms with van der Waals surface area (Å²) in [6, 6.07) is 10.4. The minimum atomic E-state index is -0.300. The lowest BCUT2D eigenvalue weighted by Gasteiger charge is -2.52. The lowest BCUT2D eigenvalue weighted by atomic mass is 9.72. The van der Waals surface area contributed by atoms with Crippen molar-refractivity contribution in [3.63, 3.8) is 0 Å². The molecule has 18 heavy (non-hydrogen) atoms. The molecule has 0 aromatic heterocycles. The van der Waals surface area contributed by atoms with Crippen LogP contribution in [0.5, 0.6) is 0 Å². The highest BCUT2D eigenvalue weighted by Gasteiger charge is 2.49. The van der Waals surface area contributed by atoms with E-state index >= 15 is 0 Å². The second-order valence-electron chi connectivity index (χ2n) is 5.87. The highest BCUT2D eigenvalue weighted by molar-refractivity contribution is 5.90. The fourth-order valence-corrected chi connectivity index (χ4v) is 3.56. The highest BCUT2D eigenvalue weighted by atomic mass is 16.1. The third-order valence-electron chi connectivity index (χ3n) is 4.51. The van der Waals surface area contributed by atoms with Crippen LogP contribution in [0, 0.1) is 5.92 Å². The van der Waals surface area contributed by atoms with Crippen LogP contribution in [-0.2, 0) is 10.3 Å². The van der Waals surface area contributed by atoms with E-state index in [0.717, 1.165) is 38.3 Å². The summed E-state index contributed by atoms with van der Waals surface area (Å²) in [5, 5.41) is 0. The molecule has 0 unspecified atom stereocenters. The standard InChI is InChI=1S/C16H21NO/c1-13-11-17(12-13)16(10-6-5-9-15(16)18)14-7-3-2-4-8-14/h2-4,7-8,13H,5-6,9-12H2,1H3/t16-/m0/s1. The number of hydrogen-bond acceptors (Lipinski definition) is 2. The Morgan fingerprint density at radius 1 is 1.17 bits per heavy atom. The first-order valence-electron chi connectivity index (χ1n) is 7.07. The SMILES string of the molecule is CC1CN([C@]2(c3ccccc3)CCCCC2=O)C1. The third kappa shape index (κ3) is 1.71. The first-order valence-corrected chi connectivity index (χ1v) is 7.07. The second kappa shape index (κ2) is 4.51. The van der Waals surface area contributed by atoms with E-state index in [1.807, 2.05) is 6.07 Å². The molecule has 2 nitrogen and oxygen atoms in total. The fourth-order valence-electron chi connectivity index (χ4n) is 3.56. The van der Waals surface area contributed by atoms with Gasteiger partial charge in [0.15, 0.2) is 5.78 Å². The number of carbonyl (C=O) groups excluding carboxylic acids is 1. The summed E-state index contributed by atoms with van der Waals surface area (Å²) in [6.07, 6.45) is 3.99. The van der Waals surface area contributed by atoms with Crippen molar-refractivity contribution in [3.05, 3.63) is 35.9 Å². The molecule has 1 aromatic carbocycles. The van der Waals surface area contributed by atoms with Gasteiger partial charge in [0.05, 0.1) is 0 Å². The number of carbonyl (C=O) groups is 1. The number of ketones is 1. The first-order chi connectivity index (χ1) is 8.73. The van der Waals surface area contributed by atoms with E-state index < -0.39 is 0 Å². The van der Waals surface area contributed by atoms with E-state index in [-0.39, 0.29) is 5.54 Å². The molecule has 1 aliphatic heterocycles. The summed E-state index contributed by atoms with van der Waals surface area (Å²) in [7, 11) is 0. The van der Waals surface area contributed by atoms with Crippen molar-refractivity contribution in [1.82, 2.24) is 4.90 Å². The van der Waals surface area contributed by atoms with Gasteiger partial charge < -0.3 is 0 Å². The van der Waals surface area contributed by atoms with Crippen molar-refractivity contribution in [1.29, 1.82) is 0 Å². The maximum Gasteiger partial charge on any atom is 0.157 e. The zero-order valence-corrected chi connectivity index (χ0v) is 11.1. The molecule has 0 radical (unpaired) electrons. The second-order valence-corrected chi connectivity index (χ2v) is 5.87. The summed E-state index contributed by atoms with van der Waals surface area (Å²) in [4.78, 5) is 15.0. The minimum Gasteiger partial charge on any atom is -0.297 e. The summed E-state index contributed by atoms with van der Waals surface area (Å²) >= 11 is 0. The van der Waals surface area contributed by atoms with Gasteiger partial charge in [-0.25, -0.2) is 0 Å². The van der Waals surface area contributed by atoms with Gasteiger partial charge in [0.1, 0.15) is 5.54 Å². The first kappa shape index (κ1) is 11.9. The number of benzene rings is 1. The van der Waals surface area contributed by atoms with Gasteiger partial charge in [-0.05, 0) is 24.3 Å². The van der Waals surface area contributed by atoms with Gasteiger partial charge in [0.25, 0.3) is 0 Å². The molecule has 1 atom stereocenters. The van der Waals surface area contributed by atoms with Gasteiger partial charge in [-0.15, -0.1) is 0 Å². The lowest BCUT2D eigenvalue weighted by molar-refractivity contribution is -0.141. The molecule has 96 valence electrons. The Balaban J connectivity index is 2.00. The van der Waals surface area contributed by atoms with Crippen LogP contribution in [0.25, 0.3) is 0 Å². The zero-order valence-electron chi connectivity index (χ0n) is 11.1. The Morgan fingerprint density at radius 3 is 2.50 bits per heavy atom. The summed E-state index contributed by atoms with van der Waals surface area (Å²) in [5.74, 6) is 1.17. The third-order valence-corrected chi connectivity index (χ3v) is 4.51. The topological polar surface area (TPSA) is 20.3 Å². The van der Waals surface area contributed by atoms with Crippen LogP contribution in [0.1, 0.15) is 38.2 Å². The fraction of sp³-hybridized carbons (Fsp3) is 0.562. The summed E-state index contributed by atoms with van der Waals surface area (Å²) in [5.41, 5.74) is 0.910. The largest absolute Gasteiger partial charge is 0.297 e. The van der Waals surface area contributed by atoms with E-state index in [4.69, 9.17) is 0 Å². The predicted octanol–water partition coefficient (Wildman–Crippen LogP) is 2.98. The number of rotatable bonds is 2. The Bertz CT molecular complexity index is 436. The van der Waals surface area contributed by atoms with Gasteiger partial charge >= 0.3 is 0 Å². The van der Waals surface area contributed by atoms with Crippen molar-refractivity contribution in [3.8, 4) is 0 Å². The lowest BCUT2D eigenvalue weighted by Crippen LogP contribution is -2.61. The Kier molecular flexibility index (Phi) is 2.98. The van der Waals surface area contributed by atoms with Gasteiger partial charge in [-0.1, -0.05) is 43.7 Å². The van der Waals surface area contributed by atoms with Gasteiger partial charge in [0, 0.05) is 19.5 Å². The number of Topliss-reactive ketones (excluding diaryl/α,β-unsaturated/α-hetero) is 1. The highest BCUT2D eigenvalue weighted by Crippen LogP contribution is 2.43. The van der Waals surface area contributed by atoms with Crippen LogP contribution >= 0.6 is 0 Å². The Hall–Kier alpha value is -1.15. The number of nitrogens with zero attached hydrogens (tertiary/aromatic N) is 1. The van der Waals surface area contributed by atoms with E-state index in [2.05, 4.69) is 36.1 Å². The average Bonchev–Trinajstić information content (AvgIpc) is 2.37. The normalized spacial score (nSPS) is 30.2. The number of likely N-dealkylation sites (tertiary alicyclic amines) is 1. The number of hydrogen-bond donors (Lipinski definition) is 0. The van der Waals surface area contributed by atoms with Crippen LogP contribution in [0.3, 0.4) is 0 Å². The molecule has 0 spiro atoms. The van der Waals surface area contributed by atoms with E-state index in [0.29, 0.717) is 5.78 Å². The molecule has 3 rings (SSSR count). The van der Waals surface area contributed by atoms with Crippen molar-refractivity contribution in [2.24, 2.45) is 5.92 Å². The van der Waals surface area contributed by atoms with Gasteiger partial charge in [-0.3, -0.25) is 9.69 Å². The Labute approximate surface area is 109 Å². The van der Waals surface area contributed by atoms with Crippen molar-refractivity contribution >= 4 is 5.78 Å². The molecule has 0 bridgehead atoms. The van der Waals surface area contributed by atoms with E-state index in [1.54, 1.807) is 0 Å². The average molecular weight is 243 g/mol. The van der Waals surface area contributed by atoms with Crippen LogP contribution in [0.15, 0.2) is 30.3 Å². The van der Waals surface area contributed by atoms with Gasteiger partial charge in [-0.2, -0.15) is 0 Å². The summed E-state index contributed by atoms with van der Waals surface area (Å²) < 4.78 is 0. The smallest absolute Gasteiger partial charge is 0.157 e. The molecule has 2 heteroatoms. The zero-order chi connectivity index (χ0) is 12.6. The molecule has 0 amide bonds. The van der Waals surface area contributed by atoms with E-state index in [1.165, 1.54) is 12.0 Å². The molecular weight excluding hydrogens is 222 g/mol. The molecule has 2 fully saturated rings. The van der Waals surface area contributed by atoms with Crippen molar-refractivity contribution in [2.75, 3.05) is 13.1 Å². The maximum atomic E-state index is 12.6. The maximum absolute atomic E-state index is 12.6. The molecule has 1 aromatic rings. The predicted molar refractivity (Wildman–Crippen MR) is 72.3 cm³/mol. The van der Waals surface area contributed by atoms with Crippen LogP contribution in [-0.4, -0.2) is 23.8 Å². The Morgan fingerprint density at radius 2 is 1.89 bits per heavy atom. The van der Waals surface area contributed by atoms with Crippen molar-refractivity contribution < 1.29 is 4.79 Å². The quantitative estimate of drug-likeness (QED) is 0.796. The summed E-state index contributed by atoms with van der Waals surface area (Å²) in [6.45, 7) is 4.41. The molecule has 2 aliphatic rings. The molecular formula is C16H21NO. The van der Waals surface area contributed by atoms with Crippen LogP contribution < -0.4 is 0 Å². The van der Waals surface area contributed by atoms with Crippen molar-refractivity contribution in [2.45, 2.75) is 38.1 Å². The van der Waals surface area contributed by atoms with Crippen LogP contribution in [0.4, 0.5) is 0 Å². The molecule has 1 saturated carbocycles. The monoisotopic (exact) mass is 243 g/mol.